The molecule has 1 N–H and O–H groups in total. The van der Waals surface area contributed by atoms with E-state index in [1.165, 1.54) is 0 Å². The van der Waals surface area contributed by atoms with E-state index in [4.69, 9.17) is 9.15 Å². The van der Waals surface area contributed by atoms with Gasteiger partial charge in [-0.1, -0.05) is 42.5 Å². The van der Waals surface area contributed by atoms with Crippen LogP contribution in [-0.2, 0) is 13.0 Å². The smallest absolute Gasteiger partial charge is 0.251 e. The highest BCUT2D eigenvalue weighted by molar-refractivity contribution is 5.97. The molecule has 0 atom stereocenters. The molecule has 1 aromatic heterocycles. The lowest BCUT2D eigenvalue weighted by Crippen LogP contribution is -2.22. The molecule has 1 amide bonds. The zero-order valence-electron chi connectivity index (χ0n) is 15.5. The van der Waals surface area contributed by atoms with E-state index in [-0.39, 0.29) is 5.91 Å². The van der Waals surface area contributed by atoms with Gasteiger partial charge in [0.1, 0.15) is 11.3 Å². The van der Waals surface area contributed by atoms with E-state index in [0.29, 0.717) is 30.0 Å². The fraction of sp³-hybridized carbons (Fsp3) is 0.130. The number of amides is 1. The molecule has 0 fully saturated rings. The maximum Gasteiger partial charge on any atom is 0.251 e. The minimum atomic E-state index is -0.161. The van der Waals surface area contributed by atoms with E-state index in [1.54, 1.807) is 19.2 Å². The second-order valence-corrected chi connectivity index (χ2v) is 6.49. The standard InChI is InChI=1S/C23H20N2O3/c1-27-19-9-5-8-17(12-19)15-24-23(26)18-10-11-20-21(14-18)28-22(25-20)13-16-6-3-2-4-7-16/h2-12,14H,13,15H2,1H3,(H,24,26). The van der Waals surface area contributed by atoms with Gasteiger partial charge in [-0.2, -0.15) is 0 Å². The highest BCUT2D eigenvalue weighted by Gasteiger charge is 2.11. The van der Waals surface area contributed by atoms with Gasteiger partial charge in [0.25, 0.3) is 5.91 Å². The molecule has 0 spiro atoms. The van der Waals surface area contributed by atoms with Gasteiger partial charge in [-0.3, -0.25) is 4.79 Å². The number of methoxy groups -OCH3 is 1. The first-order valence-corrected chi connectivity index (χ1v) is 9.06. The van der Waals surface area contributed by atoms with Gasteiger partial charge in [0, 0.05) is 18.5 Å². The normalized spacial score (nSPS) is 10.8. The van der Waals surface area contributed by atoms with Crippen molar-refractivity contribution in [2.75, 3.05) is 7.11 Å². The van der Waals surface area contributed by atoms with Crippen molar-refractivity contribution < 1.29 is 13.9 Å². The minimum absolute atomic E-state index is 0.161. The van der Waals surface area contributed by atoms with Gasteiger partial charge in [0.15, 0.2) is 11.5 Å². The Bertz CT molecular complexity index is 1100. The summed E-state index contributed by atoms with van der Waals surface area (Å²) in [5.41, 5.74) is 4.00. The average molecular weight is 372 g/mol. The van der Waals surface area contributed by atoms with Crippen LogP contribution in [0.4, 0.5) is 0 Å². The Morgan fingerprint density at radius 1 is 1.00 bits per heavy atom. The summed E-state index contributed by atoms with van der Waals surface area (Å²) in [6.45, 7) is 0.420. The molecule has 0 bridgehead atoms. The molecule has 5 nitrogen and oxygen atoms in total. The number of benzene rings is 3. The van der Waals surface area contributed by atoms with Crippen molar-refractivity contribution in [1.82, 2.24) is 10.3 Å². The summed E-state index contributed by atoms with van der Waals surface area (Å²) in [5, 5.41) is 2.92. The monoisotopic (exact) mass is 372 g/mol. The maximum atomic E-state index is 12.5. The molecule has 140 valence electrons. The summed E-state index contributed by atoms with van der Waals surface area (Å²) in [6.07, 6.45) is 0.618. The molecular weight excluding hydrogens is 352 g/mol. The number of ether oxygens (including phenoxy) is 1. The number of hydrogen-bond acceptors (Lipinski definition) is 4. The number of fused-ring (bicyclic) bond motifs is 1. The fourth-order valence-electron chi connectivity index (χ4n) is 3.03. The molecule has 4 rings (SSSR count). The van der Waals surface area contributed by atoms with Crippen molar-refractivity contribution >= 4 is 17.0 Å². The Hall–Kier alpha value is -3.60. The summed E-state index contributed by atoms with van der Waals surface area (Å²) in [7, 11) is 1.62. The van der Waals surface area contributed by atoms with Crippen molar-refractivity contribution in [1.29, 1.82) is 0 Å². The molecular formula is C23H20N2O3. The van der Waals surface area contributed by atoms with Crippen molar-refractivity contribution in [2.45, 2.75) is 13.0 Å². The molecule has 0 radical (unpaired) electrons. The molecule has 0 aliphatic carbocycles. The number of nitrogens with zero attached hydrogens (tertiary/aromatic N) is 1. The van der Waals surface area contributed by atoms with E-state index in [2.05, 4.69) is 10.3 Å². The zero-order chi connectivity index (χ0) is 19.3. The number of hydrogen-bond donors (Lipinski definition) is 1. The van der Waals surface area contributed by atoms with Crippen LogP contribution >= 0.6 is 0 Å². The Labute approximate surface area is 163 Å². The third-order valence-corrected chi connectivity index (χ3v) is 4.48. The SMILES string of the molecule is COc1cccc(CNC(=O)c2ccc3nc(Cc4ccccc4)oc3c2)c1. The molecule has 5 heteroatoms. The van der Waals surface area contributed by atoms with Crippen LogP contribution in [0, 0.1) is 0 Å². The number of aromatic nitrogens is 1. The van der Waals surface area contributed by atoms with Crippen LogP contribution < -0.4 is 10.1 Å². The zero-order valence-corrected chi connectivity index (χ0v) is 15.5. The molecule has 28 heavy (non-hydrogen) atoms. The predicted octanol–water partition coefficient (Wildman–Crippen LogP) is 4.36. The van der Waals surface area contributed by atoms with Gasteiger partial charge in [0.05, 0.1) is 7.11 Å². The molecule has 0 saturated heterocycles. The van der Waals surface area contributed by atoms with Crippen molar-refractivity contribution in [3.05, 3.63) is 95.4 Å². The summed E-state index contributed by atoms with van der Waals surface area (Å²) < 4.78 is 11.1. The minimum Gasteiger partial charge on any atom is -0.497 e. The summed E-state index contributed by atoms with van der Waals surface area (Å²) in [5.74, 6) is 1.24. The van der Waals surface area contributed by atoms with Crippen molar-refractivity contribution in [2.24, 2.45) is 0 Å². The summed E-state index contributed by atoms with van der Waals surface area (Å²) in [4.78, 5) is 17.0. The Balaban J connectivity index is 1.46. The van der Waals surface area contributed by atoms with Crippen LogP contribution in [0.5, 0.6) is 5.75 Å². The number of oxazole rings is 1. The van der Waals surface area contributed by atoms with E-state index in [1.807, 2.05) is 60.7 Å². The van der Waals surface area contributed by atoms with E-state index in [9.17, 15) is 4.79 Å². The Morgan fingerprint density at radius 3 is 2.64 bits per heavy atom. The van der Waals surface area contributed by atoms with Crippen LogP contribution in [0.2, 0.25) is 0 Å². The van der Waals surface area contributed by atoms with Gasteiger partial charge < -0.3 is 14.5 Å². The van der Waals surface area contributed by atoms with Gasteiger partial charge >= 0.3 is 0 Å². The number of carbonyl (C=O) groups excluding carboxylic acids is 1. The lowest BCUT2D eigenvalue weighted by atomic mass is 10.1. The van der Waals surface area contributed by atoms with Crippen molar-refractivity contribution in [3.63, 3.8) is 0 Å². The van der Waals surface area contributed by atoms with Gasteiger partial charge in [-0.15, -0.1) is 0 Å². The quantitative estimate of drug-likeness (QED) is 0.546. The molecule has 1 heterocycles. The lowest BCUT2D eigenvalue weighted by Gasteiger charge is -2.07. The molecule has 3 aromatic carbocycles. The third kappa shape index (κ3) is 4.04. The maximum absolute atomic E-state index is 12.5. The van der Waals surface area contributed by atoms with Gasteiger partial charge in [0.2, 0.25) is 0 Å². The third-order valence-electron chi connectivity index (χ3n) is 4.48. The molecule has 4 aromatic rings. The van der Waals surface area contributed by atoms with Crippen LogP contribution in [0.25, 0.3) is 11.1 Å². The predicted molar refractivity (Wildman–Crippen MR) is 107 cm³/mol. The first kappa shape index (κ1) is 17.8. The van der Waals surface area contributed by atoms with Crippen LogP contribution in [0.15, 0.2) is 77.2 Å². The highest BCUT2D eigenvalue weighted by Crippen LogP contribution is 2.20. The highest BCUT2D eigenvalue weighted by atomic mass is 16.5. The summed E-state index contributed by atoms with van der Waals surface area (Å²) >= 11 is 0. The molecule has 0 saturated carbocycles. The fourth-order valence-corrected chi connectivity index (χ4v) is 3.03. The van der Waals surface area contributed by atoms with Gasteiger partial charge in [-0.05, 0) is 41.5 Å². The number of nitrogens with one attached hydrogen (secondary N) is 1. The van der Waals surface area contributed by atoms with Crippen molar-refractivity contribution in [3.8, 4) is 5.75 Å². The number of rotatable bonds is 6. The van der Waals surface area contributed by atoms with Crippen LogP contribution in [-0.4, -0.2) is 18.0 Å². The Kier molecular flexibility index (Phi) is 5.06. The average Bonchev–Trinajstić information content (AvgIpc) is 3.14. The molecule has 0 unspecified atom stereocenters. The molecule has 0 aliphatic heterocycles. The lowest BCUT2D eigenvalue weighted by molar-refractivity contribution is 0.0951. The largest absolute Gasteiger partial charge is 0.497 e. The number of carbonyl (C=O) groups is 1. The second-order valence-electron chi connectivity index (χ2n) is 6.49. The second kappa shape index (κ2) is 7.96. The van der Waals surface area contributed by atoms with Crippen LogP contribution in [0.1, 0.15) is 27.4 Å². The van der Waals surface area contributed by atoms with E-state index in [0.717, 1.165) is 22.4 Å². The first-order chi connectivity index (χ1) is 13.7. The van der Waals surface area contributed by atoms with E-state index >= 15 is 0 Å². The topological polar surface area (TPSA) is 64.4 Å². The van der Waals surface area contributed by atoms with Gasteiger partial charge in [-0.25, -0.2) is 4.98 Å². The van der Waals surface area contributed by atoms with Crippen LogP contribution in [0.3, 0.4) is 0 Å². The van der Waals surface area contributed by atoms with E-state index < -0.39 is 0 Å². The first-order valence-electron chi connectivity index (χ1n) is 9.06. The Morgan fingerprint density at radius 2 is 1.82 bits per heavy atom. The summed E-state index contributed by atoms with van der Waals surface area (Å²) in [6, 6.07) is 22.9. The molecule has 0 aliphatic rings.